The quantitative estimate of drug-likeness (QED) is 0.479. The van der Waals surface area contributed by atoms with Gasteiger partial charge in [0.05, 0.1) is 0 Å². The van der Waals surface area contributed by atoms with Crippen LogP contribution in [0.2, 0.25) is 0 Å². The first-order valence-corrected chi connectivity index (χ1v) is 0.816. The van der Waals surface area contributed by atoms with E-state index in [4.69, 9.17) is 0 Å². The van der Waals surface area contributed by atoms with Crippen molar-refractivity contribution < 1.29 is 13.1 Å². The molecule has 0 aromatic heterocycles. The second kappa shape index (κ2) is 17.8. The Labute approximate surface area is 75.2 Å². The minimum atomic E-state index is 0. The largest absolute Gasteiger partial charge is 2.00 e. The fraction of sp³-hybridized carbons (Fsp3) is 1.00. The Kier molecular flexibility index (Phi) is 57.3. The van der Waals surface area contributed by atoms with Crippen LogP contribution in [0.4, 0.5) is 0 Å². The molecule has 3 heteroatoms. The van der Waals surface area contributed by atoms with Gasteiger partial charge in [0.15, 0.2) is 0 Å². The van der Waals surface area contributed by atoms with Crippen LogP contribution < -0.4 is 0 Å². The molecule has 0 aromatic carbocycles. The number of hydrogen-bond acceptors (Lipinski definition) is 1. The van der Waals surface area contributed by atoms with Gasteiger partial charge >= 0.3 is 48.9 Å². The van der Waals surface area contributed by atoms with E-state index in [2.05, 4.69) is 4.74 Å². The summed E-state index contributed by atoms with van der Waals surface area (Å²) in [5.74, 6) is 0. The molecule has 0 aromatic rings. The summed E-state index contributed by atoms with van der Waals surface area (Å²) in [4.78, 5) is 0. The SMILES string of the molecule is COC.O.[Ba+2].[H-].[H-]. The van der Waals surface area contributed by atoms with Crippen LogP contribution in [0.25, 0.3) is 0 Å². The molecule has 0 fully saturated rings. The first kappa shape index (κ1) is 16.1. The van der Waals surface area contributed by atoms with Crippen molar-refractivity contribution in [3.63, 3.8) is 0 Å². The average molecular weight is 203 g/mol. The Morgan fingerprint density at radius 3 is 1.40 bits per heavy atom. The molecule has 2 nitrogen and oxygen atoms in total. The minimum Gasteiger partial charge on any atom is -1.00 e. The Bertz CT molecular complexity index is 13.7. The molecular formula is C2H10BaO2. The van der Waals surface area contributed by atoms with Crippen LogP contribution in [-0.2, 0) is 4.74 Å². The number of ether oxygens (including phenoxy) is 1. The normalized spacial score (nSPS) is 3.60. The molecule has 0 saturated heterocycles. The summed E-state index contributed by atoms with van der Waals surface area (Å²) < 4.78 is 4.25. The van der Waals surface area contributed by atoms with Crippen LogP contribution in [-0.4, -0.2) is 68.6 Å². The molecule has 0 aliphatic carbocycles. The number of rotatable bonds is 0. The fourth-order valence-electron chi connectivity index (χ4n) is 0. The van der Waals surface area contributed by atoms with Gasteiger partial charge in [0.1, 0.15) is 0 Å². The van der Waals surface area contributed by atoms with Crippen molar-refractivity contribution in [3.8, 4) is 0 Å². The second-order valence-corrected chi connectivity index (χ2v) is 0.408. The Hall–Kier alpha value is 1.49. The molecule has 2 N–H and O–H groups in total. The van der Waals surface area contributed by atoms with E-state index in [0.29, 0.717) is 0 Å². The maximum atomic E-state index is 4.25. The van der Waals surface area contributed by atoms with Gasteiger partial charge in [-0.1, -0.05) is 0 Å². The Morgan fingerprint density at radius 2 is 1.40 bits per heavy atom. The third-order valence-corrected chi connectivity index (χ3v) is 0. The molecule has 0 atom stereocenters. The zero-order chi connectivity index (χ0) is 2.71. The molecule has 0 aliphatic heterocycles. The van der Waals surface area contributed by atoms with E-state index in [-0.39, 0.29) is 57.2 Å². The summed E-state index contributed by atoms with van der Waals surface area (Å²) in [5.41, 5.74) is 0. The molecule has 0 rings (SSSR count). The standard InChI is InChI=1S/C2H6O.Ba.H2O.2H/c1-3-2;;;;/h1-2H3;;1H2;;/q;+2;;2*-1. The van der Waals surface area contributed by atoms with Crippen LogP contribution in [0.1, 0.15) is 2.85 Å². The molecule has 0 saturated carbocycles. The van der Waals surface area contributed by atoms with Gasteiger partial charge in [0, 0.05) is 14.2 Å². The molecule has 32 valence electrons. The molecule has 0 unspecified atom stereocenters. The number of methoxy groups -OCH3 is 1. The van der Waals surface area contributed by atoms with E-state index < -0.39 is 0 Å². The first-order valence-electron chi connectivity index (χ1n) is 0.816. The van der Waals surface area contributed by atoms with Crippen molar-refractivity contribution >= 4 is 48.9 Å². The first-order chi connectivity index (χ1) is 1.41. The molecule has 0 radical (unpaired) electrons. The molecule has 0 aliphatic rings. The summed E-state index contributed by atoms with van der Waals surface area (Å²) in [6, 6.07) is 0. The minimum absolute atomic E-state index is 0. The van der Waals surface area contributed by atoms with Gasteiger partial charge in [-0.3, -0.25) is 0 Å². The van der Waals surface area contributed by atoms with Crippen LogP contribution >= 0.6 is 0 Å². The van der Waals surface area contributed by atoms with E-state index in [0.717, 1.165) is 0 Å². The summed E-state index contributed by atoms with van der Waals surface area (Å²) >= 11 is 0. The molecule has 5 heavy (non-hydrogen) atoms. The van der Waals surface area contributed by atoms with Crippen molar-refractivity contribution in [2.45, 2.75) is 0 Å². The van der Waals surface area contributed by atoms with Crippen molar-refractivity contribution in [1.82, 2.24) is 0 Å². The van der Waals surface area contributed by atoms with Crippen LogP contribution in [0.3, 0.4) is 0 Å². The van der Waals surface area contributed by atoms with E-state index in [1.807, 2.05) is 0 Å². The maximum absolute atomic E-state index is 4.25. The average Bonchev–Trinajstić information content (AvgIpc) is 0.918. The summed E-state index contributed by atoms with van der Waals surface area (Å²) in [6.07, 6.45) is 0. The van der Waals surface area contributed by atoms with Crippen molar-refractivity contribution in [3.05, 3.63) is 0 Å². The topological polar surface area (TPSA) is 40.7 Å². The Morgan fingerprint density at radius 1 is 1.40 bits per heavy atom. The monoisotopic (exact) mass is 204 g/mol. The fourth-order valence-corrected chi connectivity index (χ4v) is 0. The van der Waals surface area contributed by atoms with Crippen LogP contribution in [0.15, 0.2) is 0 Å². The van der Waals surface area contributed by atoms with E-state index in [9.17, 15) is 0 Å². The van der Waals surface area contributed by atoms with Gasteiger partial charge in [0.2, 0.25) is 0 Å². The molecular weight excluding hydrogens is 193 g/mol. The van der Waals surface area contributed by atoms with E-state index >= 15 is 0 Å². The summed E-state index contributed by atoms with van der Waals surface area (Å²) in [5, 5.41) is 0. The van der Waals surface area contributed by atoms with Crippen molar-refractivity contribution in [1.29, 1.82) is 0 Å². The van der Waals surface area contributed by atoms with Crippen molar-refractivity contribution in [2.75, 3.05) is 14.2 Å². The van der Waals surface area contributed by atoms with Crippen LogP contribution in [0.5, 0.6) is 0 Å². The van der Waals surface area contributed by atoms with Gasteiger partial charge in [-0.15, -0.1) is 0 Å². The third kappa shape index (κ3) is 30.1. The van der Waals surface area contributed by atoms with Gasteiger partial charge in [0.25, 0.3) is 0 Å². The van der Waals surface area contributed by atoms with Gasteiger partial charge in [-0.25, -0.2) is 0 Å². The van der Waals surface area contributed by atoms with E-state index in [1.54, 1.807) is 14.2 Å². The predicted molar refractivity (Wildman–Crippen MR) is 24.5 cm³/mol. The molecule has 0 spiro atoms. The molecule has 0 bridgehead atoms. The van der Waals surface area contributed by atoms with Gasteiger partial charge in [-0.05, 0) is 0 Å². The van der Waals surface area contributed by atoms with Crippen LogP contribution in [0, 0.1) is 0 Å². The van der Waals surface area contributed by atoms with E-state index in [1.165, 1.54) is 0 Å². The zero-order valence-electron chi connectivity index (χ0n) is 5.62. The number of hydrogen-bond donors (Lipinski definition) is 0. The summed E-state index contributed by atoms with van der Waals surface area (Å²) in [6.45, 7) is 0. The van der Waals surface area contributed by atoms with Crippen molar-refractivity contribution in [2.24, 2.45) is 0 Å². The predicted octanol–water partition coefficient (Wildman–Crippen LogP) is -0.718. The van der Waals surface area contributed by atoms with Gasteiger partial charge in [-0.2, -0.15) is 0 Å². The summed E-state index contributed by atoms with van der Waals surface area (Å²) in [7, 11) is 3.25. The smallest absolute Gasteiger partial charge is 1.00 e. The third-order valence-electron chi connectivity index (χ3n) is 0. The second-order valence-electron chi connectivity index (χ2n) is 0.408. The Balaban J connectivity index is -0.00000000333. The van der Waals surface area contributed by atoms with Gasteiger partial charge < -0.3 is 13.1 Å². The molecule has 0 heterocycles. The molecule has 0 amide bonds. The maximum Gasteiger partial charge on any atom is 2.00 e. The zero-order valence-corrected chi connectivity index (χ0v) is 8.06.